The minimum atomic E-state index is -4.33. The Hall–Kier alpha value is -1.46. The molecule has 0 atom stereocenters. The lowest BCUT2D eigenvalue weighted by Crippen LogP contribution is -2.04. The number of benzene rings is 2. The van der Waals surface area contributed by atoms with Crippen LogP contribution in [-0.4, -0.2) is 4.57 Å². The van der Waals surface area contributed by atoms with E-state index in [0.717, 1.165) is 27.5 Å². The van der Waals surface area contributed by atoms with Gasteiger partial charge in [-0.05, 0) is 58.4 Å². The second-order valence-electron chi connectivity index (χ2n) is 4.56. The van der Waals surface area contributed by atoms with Crippen LogP contribution in [0.25, 0.3) is 16.6 Å². The molecule has 1 nitrogen and oxygen atoms in total. The molecule has 0 amide bonds. The van der Waals surface area contributed by atoms with E-state index >= 15 is 0 Å². The molecule has 0 bridgehead atoms. The van der Waals surface area contributed by atoms with E-state index in [4.69, 9.17) is 11.6 Å². The molecule has 0 radical (unpaired) electrons. The summed E-state index contributed by atoms with van der Waals surface area (Å²) in [7, 11) is 0. The average Bonchev–Trinajstić information content (AvgIpc) is 2.81. The van der Waals surface area contributed by atoms with Gasteiger partial charge in [-0.25, -0.2) is 0 Å². The van der Waals surface area contributed by atoms with E-state index in [0.29, 0.717) is 10.7 Å². The van der Waals surface area contributed by atoms with Crippen molar-refractivity contribution in [3.05, 3.63) is 63.7 Å². The molecule has 0 aliphatic heterocycles. The summed E-state index contributed by atoms with van der Waals surface area (Å²) in [5.74, 6) is 0. The van der Waals surface area contributed by atoms with Crippen LogP contribution in [-0.2, 0) is 6.18 Å². The second-order valence-corrected chi connectivity index (χ2v) is 5.82. The molecular weight excluding hydrogens is 367 g/mol. The third kappa shape index (κ3) is 2.68. The van der Waals surface area contributed by atoms with E-state index in [1.807, 2.05) is 12.1 Å². The first-order chi connectivity index (χ1) is 9.86. The highest BCUT2D eigenvalue weighted by molar-refractivity contribution is 9.10. The van der Waals surface area contributed by atoms with Gasteiger partial charge in [0, 0.05) is 21.7 Å². The summed E-state index contributed by atoms with van der Waals surface area (Å²) < 4.78 is 40.3. The van der Waals surface area contributed by atoms with Crippen LogP contribution in [0.15, 0.2) is 53.1 Å². The third-order valence-electron chi connectivity index (χ3n) is 3.21. The first-order valence-corrected chi connectivity index (χ1v) is 7.17. The molecule has 2 aromatic carbocycles. The molecule has 21 heavy (non-hydrogen) atoms. The Labute approximate surface area is 132 Å². The van der Waals surface area contributed by atoms with Crippen molar-refractivity contribution in [3.63, 3.8) is 0 Å². The number of alkyl halides is 3. The molecule has 0 N–H and O–H groups in total. The van der Waals surface area contributed by atoms with Gasteiger partial charge >= 0.3 is 6.18 Å². The topological polar surface area (TPSA) is 4.93 Å². The van der Waals surface area contributed by atoms with Crippen molar-refractivity contribution in [1.82, 2.24) is 4.57 Å². The van der Waals surface area contributed by atoms with E-state index < -0.39 is 11.7 Å². The fraction of sp³-hybridized carbons (Fsp3) is 0.0667. The van der Waals surface area contributed by atoms with Gasteiger partial charge in [-0.15, -0.1) is 0 Å². The second kappa shape index (κ2) is 5.07. The molecule has 0 aliphatic rings. The molecular formula is C15H8BrClF3N. The van der Waals surface area contributed by atoms with Crippen LogP contribution in [0.2, 0.25) is 5.02 Å². The third-order valence-corrected chi connectivity index (χ3v) is 4.40. The quantitative estimate of drug-likeness (QED) is 0.487. The highest BCUT2D eigenvalue weighted by Crippen LogP contribution is 2.32. The fourth-order valence-corrected chi connectivity index (χ4v) is 2.68. The Balaban J connectivity index is 2.10. The largest absolute Gasteiger partial charge is 0.416 e. The number of rotatable bonds is 1. The minimum absolute atomic E-state index is 0.550. The highest BCUT2D eigenvalue weighted by Gasteiger charge is 2.30. The Morgan fingerprint density at radius 3 is 2.29 bits per heavy atom. The van der Waals surface area contributed by atoms with Crippen LogP contribution in [0.4, 0.5) is 13.2 Å². The number of fused-ring (bicyclic) bond motifs is 1. The highest BCUT2D eigenvalue weighted by atomic mass is 79.9. The minimum Gasteiger partial charge on any atom is -0.317 e. The molecule has 0 saturated heterocycles. The molecule has 0 aliphatic carbocycles. The van der Waals surface area contributed by atoms with Gasteiger partial charge in [0.25, 0.3) is 0 Å². The summed E-state index contributed by atoms with van der Waals surface area (Å²) >= 11 is 9.43. The molecule has 0 fully saturated rings. The van der Waals surface area contributed by atoms with Crippen LogP contribution >= 0.6 is 27.5 Å². The molecule has 1 aromatic heterocycles. The van der Waals surface area contributed by atoms with Crippen LogP contribution in [0.3, 0.4) is 0 Å². The van der Waals surface area contributed by atoms with Gasteiger partial charge in [-0.1, -0.05) is 11.6 Å². The summed E-state index contributed by atoms with van der Waals surface area (Å²) in [6.07, 6.45) is -2.53. The Morgan fingerprint density at radius 2 is 1.67 bits per heavy atom. The summed E-state index contributed by atoms with van der Waals surface area (Å²) in [6.45, 7) is 0. The SMILES string of the molecule is FC(F)(F)c1ccc(-n2ccc3cc(Br)c(Cl)cc32)cc1. The number of aromatic nitrogens is 1. The van der Waals surface area contributed by atoms with E-state index in [9.17, 15) is 13.2 Å². The van der Waals surface area contributed by atoms with Crippen LogP contribution in [0.5, 0.6) is 0 Å². The maximum Gasteiger partial charge on any atom is 0.416 e. The molecule has 3 aromatic rings. The van der Waals surface area contributed by atoms with Crippen molar-refractivity contribution in [2.75, 3.05) is 0 Å². The van der Waals surface area contributed by atoms with E-state index in [1.165, 1.54) is 12.1 Å². The van der Waals surface area contributed by atoms with Crippen LogP contribution in [0, 0.1) is 0 Å². The summed E-state index contributed by atoms with van der Waals surface area (Å²) in [5.41, 5.74) is 0.822. The number of nitrogens with zero attached hydrogens (tertiary/aromatic N) is 1. The number of halogens is 5. The van der Waals surface area contributed by atoms with Crippen molar-refractivity contribution in [2.24, 2.45) is 0 Å². The summed E-state index contributed by atoms with van der Waals surface area (Å²) in [6, 6.07) is 10.6. The Kier molecular flexibility index (Phi) is 3.50. The van der Waals surface area contributed by atoms with Crippen molar-refractivity contribution < 1.29 is 13.2 Å². The molecule has 3 rings (SSSR count). The van der Waals surface area contributed by atoms with Gasteiger partial charge in [0.1, 0.15) is 0 Å². The molecule has 1 heterocycles. The van der Waals surface area contributed by atoms with Gasteiger partial charge in [0.05, 0.1) is 16.1 Å². The smallest absolute Gasteiger partial charge is 0.317 e. The van der Waals surface area contributed by atoms with Gasteiger partial charge in [0.2, 0.25) is 0 Å². The molecule has 0 spiro atoms. The number of hydrogen-bond acceptors (Lipinski definition) is 0. The summed E-state index contributed by atoms with van der Waals surface area (Å²) in [4.78, 5) is 0. The predicted molar refractivity (Wildman–Crippen MR) is 81.0 cm³/mol. The van der Waals surface area contributed by atoms with Gasteiger partial charge in [-0.3, -0.25) is 0 Å². The average molecular weight is 375 g/mol. The molecule has 0 saturated carbocycles. The fourth-order valence-electron chi connectivity index (χ4n) is 2.17. The van der Waals surface area contributed by atoms with Crippen LogP contribution in [0.1, 0.15) is 5.56 Å². The standard InChI is InChI=1S/C15H8BrClF3N/c16-12-7-9-5-6-21(14(9)8-13(12)17)11-3-1-10(2-4-11)15(18,19)20/h1-8H. The van der Waals surface area contributed by atoms with Gasteiger partial charge in [0.15, 0.2) is 0 Å². The first kappa shape index (κ1) is 14.5. The predicted octanol–water partition coefficient (Wildman–Crippen LogP) is 6.07. The lowest BCUT2D eigenvalue weighted by atomic mass is 10.2. The van der Waals surface area contributed by atoms with E-state index in [1.54, 1.807) is 16.8 Å². The normalized spacial score (nSPS) is 12.0. The zero-order valence-corrected chi connectivity index (χ0v) is 12.8. The monoisotopic (exact) mass is 373 g/mol. The van der Waals surface area contributed by atoms with Gasteiger partial charge in [-0.2, -0.15) is 13.2 Å². The first-order valence-electron chi connectivity index (χ1n) is 6.00. The van der Waals surface area contributed by atoms with Crippen molar-refractivity contribution in [3.8, 4) is 5.69 Å². The molecule has 6 heteroatoms. The van der Waals surface area contributed by atoms with Crippen molar-refractivity contribution >= 4 is 38.4 Å². The maximum atomic E-state index is 12.6. The van der Waals surface area contributed by atoms with Gasteiger partial charge < -0.3 is 4.57 Å². The number of hydrogen-bond donors (Lipinski definition) is 0. The summed E-state index contributed by atoms with van der Waals surface area (Å²) in [5, 5.41) is 1.50. The molecule has 0 unspecified atom stereocenters. The Bertz CT molecular complexity index is 806. The zero-order valence-electron chi connectivity index (χ0n) is 10.5. The lowest BCUT2D eigenvalue weighted by Gasteiger charge is -2.09. The zero-order chi connectivity index (χ0) is 15.2. The van der Waals surface area contributed by atoms with Crippen LogP contribution < -0.4 is 0 Å². The maximum absolute atomic E-state index is 12.6. The molecule has 108 valence electrons. The van der Waals surface area contributed by atoms with Crippen molar-refractivity contribution in [1.29, 1.82) is 0 Å². The lowest BCUT2D eigenvalue weighted by molar-refractivity contribution is -0.137. The van der Waals surface area contributed by atoms with Crippen molar-refractivity contribution in [2.45, 2.75) is 6.18 Å². The van der Waals surface area contributed by atoms with E-state index in [-0.39, 0.29) is 0 Å². The Morgan fingerprint density at radius 1 is 1.00 bits per heavy atom. The van der Waals surface area contributed by atoms with E-state index in [2.05, 4.69) is 15.9 Å².